The number of aromatic nitrogens is 1. The average molecular weight is 250 g/mol. The number of halogens is 1. The second-order valence-electron chi connectivity index (χ2n) is 3.64. The van der Waals surface area contributed by atoms with Gasteiger partial charge in [-0.25, -0.2) is 0 Å². The van der Waals surface area contributed by atoms with Crippen LogP contribution in [0.3, 0.4) is 0 Å². The highest BCUT2D eigenvalue weighted by molar-refractivity contribution is 6.32. The van der Waals surface area contributed by atoms with E-state index in [0.717, 1.165) is 10.8 Å². The minimum absolute atomic E-state index is 0.118. The molecule has 4 nitrogen and oxygen atoms in total. The van der Waals surface area contributed by atoms with Crippen LogP contribution in [0.4, 0.5) is 5.69 Å². The summed E-state index contributed by atoms with van der Waals surface area (Å²) in [5.41, 5.74) is 6.02. The van der Waals surface area contributed by atoms with Crippen LogP contribution in [0.25, 0.3) is 10.8 Å². The first-order chi connectivity index (χ1) is 8.20. The van der Waals surface area contributed by atoms with Gasteiger partial charge in [-0.1, -0.05) is 11.6 Å². The van der Waals surface area contributed by atoms with Gasteiger partial charge in [-0.3, -0.25) is 9.78 Å². The number of carbonyl (C=O) groups is 1. The van der Waals surface area contributed by atoms with Crippen LogP contribution >= 0.6 is 11.6 Å². The van der Waals surface area contributed by atoms with Crippen molar-refractivity contribution in [2.24, 2.45) is 5.73 Å². The monoisotopic (exact) mass is 249 g/mol. The molecule has 2 rings (SSSR count). The van der Waals surface area contributed by atoms with Gasteiger partial charge in [0.2, 0.25) is 5.91 Å². The van der Waals surface area contributed by atoms with Crippen molar-refractivity contribution in [2.45, 2.75) is 6.42 Å². The third-order valence-electron chi connectivity index (χ3n) is 2.36. The summed E-state index contributed by atoms with van der Waals surface area (Å²) in [4.78, 5) is 15.5. The van der Waals surface area contributed by atoms with E-state index in [1.165, 1.54) is 0 Å². The van der Waals surface area contributed by atoms with Crippen molar-refractivity contribution in [1.82, 2.24) is 4.98 Å². The molecule has 2 aromatic rings. The molecule has 0 aliphatic heterocycles. The highest BCUT2D eigenvalue weighted by Gasteiger charge is 2.06. The number of pyridine rings is 1. The Morgan fingerprint density at radius 3 is 3.06 bits per heavy atom. The first-order valence-electron chi connectivity index (χ1n) is 5.24. The van der Waals surface area contributed by atoms with E-state index in [4.69, 9.17) is 17.3 Å². The molecule has 0 spiro atoms. The summed E-state index contributed by atoms with van der Waals surface area (Å²) in [7, 11) is 0. The number of nitrogens with zero attached hydrogens (tertiary/aromatic N) is 1. The number of fused-ring (bicyclic) bond motifs is 1. The molecule has 3 N–H and O–H groups in total. The normalized spacial score (nSPS) is 10.5. The summed E-state index contributed by atoms with van der Waals surface area (Å²) in [6.45, 7) is 0.325. The molecule has 0 aliphatic carbocycles. The third kappa shape index (κ3) is 2.72. The molecule has 1 aromatic heterocycles. The summed E-state index contributed by atoms with van der Waals surface area (Å²) in [5, 5.41) is 5.16. The van der Waals surface area contributed by atoms with Crippen LogP contribution in [-0.4, -0.2) is 17.4 Å². The number of hydrogen-bond acceptors (Lipinski definition) is 3. The van der Waals surface area contributed by atoms with Crippen LogP contribution in [-0.2, 0) is 4.79 Å². The largest absolute Gasteiger partial charge is 0.330 e. The maximum absolute atomic E-state index is 11.5. The van der Waals surface area contributed by atoms with Gasteiger partial charge in [0, 0.05) is 41.2 Å². The number of hydrogen-bond donors (Lipinski definition) is 2. The second kappa shape index (κ2) is 5.12. The van der Waals surface area contributed by atoms with Gasteiger partial charge in [-0.05, 0) is 18.2 Å². The van der Waals surface area contributed by atoms with Crippen LogP contribution in [0.5, 0.6) is 0 Å². The molecule has 1 amide bonds. The zero-order valence-electron chi connectivity index (χ0n) is 9.11. The Hall–Kier alpha value is -1.65. The van der Waals surface area contributed by atoms with Gasteiger partial charge < -0.3 is 11.1 Å². The predicted molar refractivity (Wildman–Crippen MR) is 69.1 cm³/mol. The summed E-state index contributed by atoms with van der Waals surface area (Å²) >= 11 is 5.98. The van der Waals surface area contributed by atoms with Crippen molar-refractivity contribution in [3.63, 3.8) is 0 Å². The van der Waals surface area contributed by atoms with Crippen molar-refractivity contribution in [2.75, 3.05) is 11.9 Å². The van der Waals surface area contributed by atoms with E-state index in [2.05, 4.69) is 10.3 Å². The zero-order chi connectivity index (χ0) is 12.3. The Morgan fingerprint density at radius 1 is 1.47 bits per heavy atom. The van der Waals surface area contributed by atoms with Crippen LogP contribution in [0.2, 0.25) is 5.02 Å². The first kappa shape index (κ1) is 11.8. The molecule has 5 heteroatoms. The topological polar surface area (TPSA) is 68.0 Å². The van der Waals surface area contributed by atoms with Crippen molar-refractivity contribution < 1.29 is 4.79 Å². The van der Waals surface area contributed by atoms with Gasteiger partial charge in [0.1, 0.15) is 0 Å². The lowest BCUT2D eigenvalue weighted by Gasteiger charge is -2.08. The zero-order valence-corrected chi connectivity index (χ0v) is 9.87. The summed E-state index contributed by atoms with van der Waals surface area (Å²) < 4.78 is 0. The number of carbonyl (C=O) groups excluding carboxylic acids is 1. The predicted octanol–water partition coefficient (Wildman–Crippen LogP) is 2.18. The second-order valence-corrected chi connectivity index (χ2v) is 4.07. The number of anilines is 1. The molecule has 0 saturated heterocycles. The lowest BCUT2D eigenvalue weighted by atomic mass is 10.1. The quantitative estimate of drug-likeness (QED) is 0.876. The van der Waals surface area contributed by atoms with E-state index in [1.807, 2.05) is 12.1 Å². The van der Waals surface area contributed by atoms with Gasteiger partial charge in [-0.15, -0.1) is 0 Å². The molecule has 0 aliphatic rings. The molecule has 0 saturated carbocycles. The van der Waals surface area contributed by atoms with E-state index in [0.29, 0.717) is 23.7 Å². The number of nitrogens with two attached hydrogens (primary N) is 1. The minimum atomic E-state index is -0.118. The van der Waals surface area contributed by atoms with Gasteiger partial charge in [0.25, 0.3) is 0 Å². The molecule has 0 bridgehead atoms. The summed E-state index contributed by atoms with van der Waals surface area (Å²) in [6.07, 6.45) is 3.67. The molecular weight excluding hydrogens is 238 g/mol. The summed E-state index contributed by atoms with van der Waals surface area (Å²) in [6, 6.07) is 5.37. The standard InChI is InChI=1S/C12H12ClN3O/c13-9-5-8-7-15-4-2-10(8)11(6-9)16-12(17)1-3-14/h2,4-7H,1,3,14H2,(H,16,17). The number of rotatable bonds is 3. The smallest absolute Gasteiger partial charge is 0.225 e. The highest BCUT2D eigenvalue weighted by Crippen LogP contribution is 2.27. The Kier molecular flexibility index (Phi) is 3.56. The van der Waals surface area contributed by atoms with Gasteiger partial charge in [-0.2, -0.15) is 0 Å². The van der Waals surface area contributed by atoms with Crippen molar-refractivity contribution in [3.05, 3.63) is 35.6 Å². The van der Waals surface area contributed by atoms with Crippen LogP contribution in [0.1, 0.15) is 6.42 Å². The fourth-order valence-corrected chi connectivity index (χ4v) is 1.85. The maximum atomic E-state index is 11.5. The molecule has 88 valence electrons. The van der Waals surface area contributed by atoms with Crippen molar-refractivity contribution in [3.8, 4) is 0 Å². The van der Waals surface area contributed by atoms with Crippen LogP contribution < -0.4 is 11.1 Å². The maximum Gasteiger partial charge on any atom is 0.225 e. The summed E-state index contributed by atoms with van der Waals surface area (Å²) in [5.74, 6) is -0.118. The Labute approximate surface area is 104 Å². The van der Waals surface area contributed by atoms with E-state index in [9.17, 15) is 4.79 Å². The lowest BCUT2D eigenvalue weighted by Crippen LogP contribution is -2.16. The average Bonchev–Trinajstić information content (AvgIpc) is 2.29. The fraction of sp³-hybridized carbons (Fsp3) is 0.167. The van der Waals surface area contributed by atoms with E-state index < -0.39 is 0 Å². The molecule has 0 fully saturated rings. The third-order valence-corrected chi connectivity index (χ3v) is 2.58. The molecule has 0 atom stereocenters. The minimum Gasteiger partial charge on any atom is -0.330 e. The van der Waals surface area contributed by atoms with E-state index >= 15 is 0 Å². The number of benzene rings is 1. The van der Waals surface area contributed by atoms with Crippen molar-refractivity contribution >= 4 is 34.0 Å². The van der Waals surface area contributed by atoms with E-state index in [1.54, 1.807) is 18.5 Å². The molecule has 0 unspecified atom stereocenters. The SMILES string of the molecule is NCCC(=O)Nc1cc(Cl)cc2cnccc12. The van der Waals surface area contributed by atoms with Gasteiger partial charge >= 0.3 is 0 Å². The molecule has 1 aromatic carbocycles. The van der Waals surface area contributed by atoms with Crippen LogP contribution in [0, 0.1) is 0 Å². The van der Waals surface area contributed by atoms with Crippen LogP contribution in [0.15, 0.2) is 30.6 Å². The number of amides is 1. The first-order valence-corrected chi connectivity index (χ1v) is 5.61. The molecular formula is C12H12ClN3O. The molecule has 0 radical (unpaired) electrons. The lowest BCUT2D eigenvalue weighted by molar-refractivity contribution is -0.116. The number of nitrogens with one attached hydrogen (secondary N) is 1. The highest BCUT2D eigenvalue weighted by atomic mass is 35.5. The Bertz CT molecular complexity index is 556. The molecule has 1 heterocycles. The van der Waals surface area contributed by atoms with E-state index in [-0.39, 0.29) is 5.91 Å². The van der Waals surface area contributed by atoms with Gasteiger partial charge in [0.05, 0.1) is 5.69 Å². The Balaban J connectivity index is 2.42. The van der Waals surface area contributed by atoms with Gasteiger partial charge in [0.15, 0.2) is 0 Å². The fourth-order valence-electron chi connectivity index (χ4n) is 1.62. The Morgan fingerprint density at radius 2 is 2.29 bits per heavy atom. The van der Waals surface area contributed by atoms with Crippen molar-refractivity contribution in [1.29, 1.82) is 0 Å². The molecule has 17 heavy (non-hydrogen) atoms.